The summed E-state index contributed by atoms with van der Waals surface area (Å²) >= 11 is 1.55. The van der Waals surface area contributed by atoms with Gasteiger partial charge in [0.25, 0.3) is 5.91 Å². The van der Waals surface area contributed by atoms with Crippen molar-refractivity contribution in [2.75, 3.05) is 5.75 Å². The van der Waals surface area contributed by atoms with Crippen molar-refractivity contribution in [1.82, 2.24) is 9.47 Å². The van der Waals surface area contributed by atoms with Crippen molar-refractivity contribution >= 4 is 23.6 Å². The van der Waals surface area contributed by atoms with Crippen molar-refractivity contribution in [3.63, 3.8) is 0 Å². The lowest BCUT2D eigenvalue weighted by Gasteiger charge is -2.30. The standard InChI is InChI=1S/C15H22N2O3S/c1-4-7-16-8-5-6-11(16)13(18)17-12(15(19)20)9-21-14(17)10(2)3/h5-6,8,10,12,14H,4,7,9H2,1-3H3,(H,19,20). The Labute approximate surface area is 129 Å². The van der Waals surface area contributed by atoms with Gasteiger partial charge in [-0.05, 0) is 24.5 Å². The van der Waals surface area contributed by atoms with Crippen LogP contribution in [0.25, 0.3) is 0 Å². The Hall–Kier alpha value is -1.43. The summed E-state index contributed by atoms with van der Waals surface area (Å²) < 4.78 is 1.90. The van der Waals surface area contributed by atoms with Gasteiger partial charge in [-0.2, -0.15) is 0 Å². The van der Waals surface area contributed by atoms with E-state index in [9.17, 15) is 14.7 Å². The van der Waals surface area contributed by atoms with Crippen LogP contribution >= 0.6 is 11.8 Å². The van der Waals surface area contributed by atoms with Crippen molar-refractivity contribution in [3.8, 4) is 0 Å². The molecule has 6 heteroatoms. The maximum atomic E-state index is 12.9. The molecule has 1 aliphatic rings. The Morgan fingerprint density at radius 1 is 1.48 bits per heavy atom. The number of carbonyl (C=O) groups is 2. The second-order valence-electron chi connectivity index (χ2n) is 5.62. The van der Waals surface area contributed by atoms with Crippen molar-refractivity contribution < 1.29 is 14.7 Å². The molecule has 0 radical (unpaired) electrons. The molecule has 116 valence electrons. The topological polar surface area (TPSA) is 62.5 Å². The predicted molar refractivity (Wildman–Crippen MR) is 83.4 cm³/mol. The van der Waals surface area contributed by atoms with E-state index in [0.717, 1.165) is 13.0 Å². The molecule has 2 rings (SSSR count). The van der Waals surface area contributed by atoms with Gasteiger partial charge >= 0.3 is 5.97 Å². The van der Waals surface area contributed by atoms with Crippen LogP contribution in [0.2, 0.25) is 0 Å². The fourth-order valence-electron chi connectivity index (χ4n) is 2.67. The molecule has 1 aromatic heterocycles. The van der Waals surface area contributed by atoms with E-state index >= 15 is 0 Å². The van der Waals surface area contributed by atoms with Gasteiger partial charge in [-0.3, -0.25) is 4.79 Å². The molecule has 0 bridgehead atoms. The van der Waals surface area contributed by atoms with Crippen LogP contribution < -0.4 is 0 Å². The van der Waals surface area contributed by atoms with E-state index in [4.69, 9.17) is 0 Å². The zero-order valence-electron chi connectivity index (χ0n) is 12.7. The number of nitrogens with zero attached hydrogens (tertiary/aromatic N) is 2. The SMILES string of the molecule is CCCn1cccc1C(=O)N1C(C(=O)O)CSC1C(C)C. The summed E-state index contributed by atoms with van der Waals surface area (Å²) in [5.74, 6) is -0.423. The Morgan fingerprint density at radius 3 is 2.76 bits per heavy atom. The number of thioether (sulfide) groups is 1. The molecule has 1 aliphatic heterocycles. The van der Waals surface area contributed by atoms with E-state index in [1.807, 2.05) is 30.7 Å². The summed E-state index contributed by atoms with van der Waals surface area (Å²) in [5.41, 5.74) is 0.580. The summed E-state index contributed by atoms with van der Waals surface area (Å²) in [6.07, 6.45) is 2.81. The first-order chi connectivity index (χ1) is 9.97. The molecule has 2 heterocycles. The minimum atomic E-state index is -0.924. The molecular formula is C15H22N2O3S. The summed E-state index contributed by atoms with van der Waals surface area (Å²) in [6.45, 7) is 6.86. The number of amides is 1. The van der Waals surface area contributed by atoms with Gasteiger partial charge in [0, 0.05) is 18.5 Å². The zero-order chi connectivity index (χ0) is 15.6. The van der Waals surface area contributed by atoms with Gasteiger partial charge in [0.05, 0.1) is 5.37 Å². The lowest BCUT2D eigenvalue weighted by Crippen LogP contribution is -2.47. The normalized spacial score (nSPS) is 22.0. The van der Waals surface area contributed by atoms with Gasteiger partial charge in [-0.1, -0.05) is 20.8 Å². The maximum Gasteiger partial charge on any atom is 0.327 e. The van der Waals surface area contributed by atoms with E-state index in [2.05, 4.69) is 6.92 Å². The summed E-state index contributed by atoms with van der Waals surface area (Å²) in [7, 11) is 0. The highest BCUT2D eigenvalue weighted by molar-refractivity contribution is 8.00. The number of hydrogen-bond acceptors (Lipinski definition) is 3. The number of aliphatic carboxylic acids is 1. The second kappa shape index (κ2) is 6.56. The van der Waals surface area contributed by atoms with Crippen LogP contribution in [0, 0.1) is 5.92 Å². The minimum absolute atomic E-state index is 0.0800. The first-order valence-electron chi connectivity index (χ1n) is 7.29. The molecular weight excluding hydrogens is 288 g/mol. The highest BCUT2D eigenvalue weighted by atomic mass is 32.2. The highest BCUT2D eigenvalue weighted by Gasteiger charge is 2.43. The summed E-state index contributed by atoms with van der Waals surface area (Å²) in [6, 6.07) is 2.88. The van der Waals surface area contributed by atoms with Crippen LogP contribution in [-0.2, 0) is 11.3 Å². The molecule has 1 N–H and O–H groups in total. The largest absolute Gasteiger partial charge is 0.480 e. The number of hydrogen-bond donors (Lipinski definition) is 1. The van der Waals surface area contributed by atoms with Crippen LogP contribution in [-0.4, -0.2) is 43.6 Å². The molecule has 2 unspecified atom stereocenters. The lowest BCUT2D eigenvalue weighted by molar-refractivity contribution is -0.141. The van der Waals surface area contributed by atoms with E-state index in [1.54, 1.807) is 22.7 Å². The average molecular weight is 310 g/mol. The number of carboxylic acid groups (broad SMARTS) is 1. The van der Waals surface area contributed by atoms with Crippen LogP contribution in [0.15, 0.2) is 18.3 Å². The van der Waals surface area contributed by atoms with Crippen LogP contribution in [0.4, 0.5) is 0 Å². The number of aryl methyl sites for hydroxylation is 1. The molecule has 0 aromatic carbocycles. The third-order valence-corrected chi connectivity index (χ3v) is 5.26. The molecule has 1 saturated heterocycles. The Kier molecular flexibility index (Phi) is 4.98. The van der Waals surface area contributed by atoms with Gasteiger partial charge in [-0.15, -0.1) is 11.8 Å². The first kappa shape index (κ1) is 15.9. The van der Waals surface area contributed by atoms with Crippen LogP contribution in [0.1, 0.15) is 37.7 Å². The molecule has 0 saturated carbocycles. The smallest absolute Gasteiger partial charge is 0.327 e. The molecule has 2 atom stereocenters. The molecule has 1 aromatic rings. The molecule has 0 spiro atoms. The quantitative estimate of drug-likeness (QED) is 0.908. The van der Waals surface area contributed by atoms with Crippen LogP contribution in [0.3, 0.4) is 0 Å². The van der Waals surface area contributed by atoms with Gasteiger partial charge in [0.2, 0.25) is 0 Å². The molecule has 21 heavy (non-hydrogen) atoms. The van der Waals surface area contributed by atoms with E-state index in [0.29, 0.717) is 11.4 Å². The molecule has 1 fully saturated rings. The Balaban J connectivity index is 2.32. The monoisotopic (exact) mass is 310 g/mol. The van der Waals surface area contributed by atoms with Crippen molar-refractivity contribution in [2.45, 2.75) is 45.2 Å². The lowest BCUT2D eigenvalue weighted by atomic mass is 10.1. The highest BCUT2D eigenvalue weighted by Crippen LogP contribution is 2.35. The summed E-state index contributed by atoms with van der Waals surface area (Å²) in [4.78, 5) is 25.9. The number of rotatable bonds is 5. The molecule has 0 aliphatic carbocycles. The Bertz CT molecular complexity index is 527. The van der Waals surface area contributed by atoms with Crippen LogP contribution in [0.5, 0.6) is 0 Å². The van der Waals surface area contributed by atoms with Gasteiger partial charge in [0.1, 0.15) is 11.7 Å². The van der Waals surface area contributed by atoms with E-state index < -0.39 is 12.0 Å². The predicted octanol–water partition coefficient (Wildman–Crippen LogP) is 2.52. The van der Waals surface area contributed by atoms with Gasteiger partial charge in [-0.25, -0.2) is 4.79 Å². The zero-order valence-corrected chi connectivity index (χ0v) is 13.5. The number of carbonyl (C=O) groups excluding carboxylic acids is 1. The van der Waals surface area contributed by atoms with Crippen molar-refractivity contribution in [1.29, 1.82) is 0 Å². The van der Waals surface area contributed by atoms with Crippen molar-refractivity contribution in [2.24, 2.45) is 5.92 Å². The molecule has 5 nitrogen and oxygen atoms in total. The van der Waals surface area contributed by atoms with E-state index in [-0.39, 0.29) is 17.2 Å². The number of carboxylic acids is 1. The second-order valence-corrected chi connectivity index (χ2v) is 6.77. The average Bonchev–Trinajstić information content (AvgIpc) is 3.04. The summed E-state index contributed by atoms with van der Waals surface area (Å²) in [5, 5.41) is 9.31. The minimum Gasteiger partial charge on any atom is -0.480 e. The molecule has 1 amide bonds. The van der Waals surface area contributed by atoms with Gasteiger partial charge < -0.3 is 14.6 Å². The number of aromatic nitrogens is 1. The fourth-order valence-corrected chi connectivity index (χ4v) is 4.14. The van der Waals surface area contributed by atoms with Crippen molar-refractivity contribution in [3.05, 3.63) is 24.0 Å². The Morgan fingerprint density at radius 2 is 2.19 bits per heavy atom. The van der Waals surface area contributed by atoms with E-state index in [1.165, 1.54) is 0 Å². The third kappa shape index (κ3) is 3.10. The first-order valence-corrected chi connectivity index (χ1v) is 8.34. The third-order valence-electron chi connectivity index (χ3n) is 3.64. The fraction of sp³-hybridized carbons (Fsp3) is 0.600. The maximum absolute atomic E-state index is 12.9. The van der Waals surface area contributed by atoms with Gasteiger partial charge in [0.15, 0.2) is 0 Å².